The second-order valence-corrected chi connectivity index (χ2v) is 11.9. The summed E-state index contributed by atoms with van der Waals surface area (Å²) in [6.07, 6.45) is 1.07. The summed E-state index contributed by atoms with van der Waals surface area (Å²) in [7, 11) is 0. The zero-order chi connectivity index (χ0) is 30.0. The molecule has 2 aliphatic heterocycles. The molecule has 2 saturated heterocycles. The number of rotatable bonds is 13. The zero-order valence-corrected chi connectivity index (χ0v) is 24.7. The van der Waals surface area contributed by atoms with Crippen LogP contribution in [0.4, 0.5) is 0 Å². The molecular weight excluding hydrogens is 548 g/mol. The van der Waals surface area contributed by atoms with E-state index in [0.29, 0.717) is 24.3 Å². The van der Waals surface area contributed by atoms with Crippen LogP contribution in [0.25, 0.3) is 21.5 Å². The van der Waals surface area contributed by atoms with Gasteiger partial charge in [0.05, 0.1) is 48.8 Å². The predicted molar refractivity (Wildman–Crippen MR) is 162 cm³/mol. The molecule has 0 radical (unpaired) electrons. The van der Waals surface area contributed by atoms with E-state index in [0.717, 1.165) is 59.1 Å². The van der Waals surface area contributed by atoms with Crippen LogP contribution in [-0.4, -0.2) is 62.3 Å². The lowest BCUT2D eigenvalue weighted by Gasteiger charge is -2.14. The minimum Gasteiger partial charge on any atom is -0.493 e. The fourth-order valence-corrected chi connectivity index (χ4v) is 4.75. The SMILES string of the molecule is CC(COC(=O)c1ccc2cc(OCCC3(C)CO3)ccc2c1)OC(=O)c1ccc2cc(OCCC3(C)CO3)ccc2c1. The Bertz CT molecular complexity index is 1650. The molecule has 0 aliphatic carbocycles. The summed E-state index contributed by atoms with van der Waals surface area (Å²) in [5, 5.41) is 3.72. The van der Waals surface area contributed by atoms with Gasteiger partial charge in [0.2, 0.25) is 0 Å². The van der Waals surface area contributed by atoms with Gasteiger partial charge in [-0.3, -0.25) is 0 Å². The van der Waals surface area contributed by atoms with Gasteiger partial charge in [-0.1, -0.05) is 24.3 Å². The molecule has 224 valence electrons. The van der Waals surface area contributed by atoms with Gasteiger partial charge in [0.15, 0.2) is 0 Å². The lowest BCUT2D eigenvalue weighted by Crippen LogP contribution is -2.22. The van der Waals surface area contributed by atoms with Crippen LogP contribution in [0.1, 0.15) is 54.3 Å². The van der Waals surface area contributed by atoms with Crippen LogP contribution in [0.5, 0.6) is 11.5 Å². The van der Waals surface area contributed by atoms with E-state index in [1.165, 1.54) is 0 Å². The normalized spacial score (nSPS) is 21.3. The number of hydrogen-bond acceptors (Lipinski definition) is 8. The van der Waals surface area contributed by atoms with Gasteiger partial charge < -0.3 is 28.4 Å². The van der Waals surface area contributed by atoms with E-state index in [4.69, 9.17) is 28.4 Å². The van der Waals surface area contributed by atoms with Crippen molar-refractivity contribution in [2.24, 2.45) is 0 Å². The first-order valence-electron chi connectivity index (χ1n) is 14.7. The highest BCUT2D eigenvalue weighted by Gasteiger charge is 2.39. The molecule has 0 amide bonds. The first-order chi connectivity index (χ1) is 20.7. The first kappa shape index (κ1) is 29.0. The van der Waals surface area contributed by atoms with E-state index in [1.54, 1.807) is 31.2 Å². The quantitative estimate of drug-likeness (QED) is 0.130. The molecule has 0 N–H and O–H groups in total. The molecule has 0 spiro atoms. The fraction of sp³-hybridized carbons (Fsp3) is 0.371. The molecule has 2 aliphatic rings. The second-order valence-electron chi connectivity index (χ2n) is 11.9. The van der Waals surface area contributed by atoms with Crippen LogP contribution in [-0.2, 0) is 18.9 Å². The van der Waals surface area contributed by atoms with Crippen LogP contribution >= 0.6 is 0 Å². The third-order valence-electron chi connectivity index (χ3n) is 7.93. The fourth-order valence-electron chi connectivity index (χ4n) is 4.75. The van der Waals surface area contributed by atoms with Crippen LogP contribution in [0.3, 0.4) is 0 Å². The lowest BCUT2D eigenvalue weighted by molar-refractivity contribution is 0.00450. The maximum absolute atomic E-state index is 12.8. The lowest BCUT2D eigenvalue weighted by atomic mass is 10.1. The van der Waals surface area contributed by atoms with Crippen LogP contribution in [0.15, 0.2) is 72.8 Å². The molecule has 2 fully saturated rings. The molecule has 8 heteroatoms. The Morgan fingerprint density at radius 1 is 0.698 bits per heavy atom. The Labute approximate surface area is 250 Å². The van der Waals surface area contributed by atoms with E-state index in [-0.39, 0.29) is 17.8 Å². The number of ether oxygens (including phenoxy) is 6. The average Bonchev–Trinajstić information content (AvgIpc) is 3.93. The van der Waals surface area contributed by atoms with Gasteiger partial charge in [0, 0.05) is 12.8 Å². The van der Waals surface area contributed by atoms with Crippen molar-refractivity contribution >= 4 is 33.5 Å². The maximum atomic E-state index is 12.8. The zero-order valence-electron chi connectivity index (χ0n) is 24.7. The van der Waals surface area contributed by atoms with Crippen LogP contribution < -0.4 is 9.47 Å². The van der Waals surface area contributed by atoms with Crippen molar-refractivity contribution in [2.75, 3.05) is 33.0 Å². The Morgan fingerprint density at radius 2 is 1.14 bits per heavy atom. The highest BCUT2D eigenvalue weighted by atomic mass is 16.6. The number of epoxide rings is 2. The van der Waals surface area contributed by atoms with Crippen molar-refractivity contribution in [2.45, 2.75) is 50.9 Å². The van der Waals surface area contributed by atoms with E-state index in [2.05, 4.69) is 13.8 Å². The first-order valence-corrected chi connectivity index (χ1v) is 14.7. The van der Waals surface area contributed by atoms with Gasteiger partial charge in [0.25, 0.3) is 0 Å². The molecule has 0 saturated carbocycles. The van der Waals surface area contributed by atoms with E-state index in [9.17, 15) is 9.59 Å². The number of carbonyl (C=O) groups excluding carboxylic acids is 2. The summed E-state index contributed by atoms with van der Waals surface area (Å²) >= 11 is 0. The standard InChI is InChI=1S/C35H36O8/c1-23(43-33(37)29-7-5-27-19-31(11-9-25(27)17-29)39-15-13-35(3)22-42-35)20-40-32(36)28-6-4-26-18-30(10-8-24(26)16-28)38-14-12-34(2)21-41-34/h4-11,16-19,23H,12-15,20-22H2,1-3H3. The summed E-state index contributed by atoms with van der Waals surface area (Å²) in [5.41, 5.74) is 0.768. The third kappa shape index (κ3) is 7.45. The molecule has 3 atom stereocenters. The van der Waals surface area contributed by atoms with E-state index in [1.807, 2.05) is 48.5 Å². The maximum Gasteiger partial charge on any atom is 0.338 e. The number of esters is 2. The highest BCUT2D eigenvalue weighted by molar-refractivity contribution is 5.97. The molecule has 3 unspecified atom stereocenters. The van der Waals surface area contributed by atoms with Gasteiger partial charge >= 0.3 is 11.9 Å². The van der Waals surface area contributed by atoms with E-state index >= 15 is 0 Å². The minimum atomic E-state index is -0.622. The summed E-state index contributed by atoms with van der Waals surface area (Å²) < 4.78 is 33.5. The van der Waals surface area contributed by atoms with Crippen molar-refractivity contribution in [1.29, 1.82) is 0 Å². The van der Waals surface area contributed by atoms with E-state index < -0.39 is 18.0 Å². The predicted octanol–water partition coefficient (Wildman–Crippen LogP) is 6.51. The number of fused-ring (bicyclic) bond motifs is 2. The Kier molecular flexibility index (Phi) is 7.99. The van der Waals surface area contributed by atoms with Crippen molar-refractivity contribution in [3.63, 3.8) is 0 Å². The Morgan fingerprint density at radius 3 is 1.63 bits per heavy atom. The van der Waals surface area contributed by atoms with Crippen molar-refractivity contribution in [3.05, 3.63) is 83.9 Å². The molecular formula is C35H36O8. The van der Waals surface area contributed by atoms with Crippen molar-refractivity contribution in [1.82, 2.24) is 0 Å². The Balaban J connectivity index is 0.981. The molecule has 0 aromatic heterocycles. The van der Waals surface area contributed by atoms with Crippen LogP contribution in [0.2, 0.25) is 0 Å². The van der Waals surface area contributed by atoms with Gasteiger partial charge in [-0.25, -0.2) is 9.59 Å². The molecule has 43 heavy (non-hydrogen) atoms. The topological polar surface area (TPSA) is 96.1 Å². The van der Waals surface area contributed by atoms with Crippen LogP contribution in [0, 0.1) is 0 Å². The summed E-state index contributed by atoms with van der Waals surface area (Å²) in [6, 6.07) is 22.3. The summed E-state index contributed by atoms with van der Waals surface area (Å²) in [4.78, 5) is 25.5. The van der Waals surface area contributed by atoms with Gasteiger partial charge in [-0.15, -0.1) is 0 Å². The molecule has 2 heterocycles. The molecule has 8 nitrogen and oxygen atoms in total. The summed E-state index contributed by atoms with van der Waals surface area (Å²) in [6.45, 7) is 8.53. The Hall–Kier alpha value is -4.14. The van der Waals surface area contributed by atoms with Crippen molar-refractivity contribution in [3.8, 4) is 11.5 Å². The number of carbonyl (C=O) groups is 2. The second kappa shape index (κ2) is 11.9. The van der Waals surface area contributed by atoms with Gasteiger partial charge in [-0.05, 0) is 90.8 Å². The largest absolute Gasteiger partial charge is 0.493 e. The molecule has 4 aromatic carbocycles. The number of hydrogen-bond donors (Lipinski definition) is 0. The number of benzene rings is 4. The van der Waals surface area contributed by atoms with Crippen molar-refractivity contribution < 1.29 is 38.0 Å². The molecule has 6 rings (SSSR count). The molecule has 4 aromatic rings. The third-order valence-corrected chi connectivity index (χ3v) is 7.93. The van der Waals surface area contributed by atoms with Gasteiger partial charge in [-0.2, -0.15) is 0 Å². The minimum absolute atomic E-state index is 0.0382. The average molecular weight is 585 g/mol. The highest BCUT2D eigenvalue weighted by Crippen LogP contribution is 2.31. The molecule has 0 bridgehead atoms. The monoisotopic (exact) mass is 584 g/mol. The van der Waals surface area contributed by atoms with Gasteiger partial charge in [0.1, 0.15) is 24.2 Å². The smallest absolute Gasteiger partial charge is 0.338 e. The summed E-state index contributed by atoms with van der Waals surface area (Å²) in [5.74, 6) is 0.589.